The summed E-state index contributed by atoms with van der Waals surface area (Å²) in [7, 11) is 0. The molecule has 2 unspecified atom stereocenters. The maximum absolute atomic E-state index is 11.4. The molecule has 3 N–H and O–H groups in total. The molecule has 2 amide bonds. The summed E-state index contributed by atoms with van der Waals surface area (Å²) in [6.45, 7) is 7.12. The van der Waals surface area contributed by atoms with E-state index in [1.54, 1.807) is 6.92 Å². The zero-order valence-electron chi connectivity index (χ0n) is 12.3. The lowest BCUT2D eigenvalue weighted by Crippen LogP contribution is -2.42. The zero-order chi connectivity index (χ0) is 14.1. The number of urea groups is 1. The van der Waals surface area contributed by atoms with Crippen LogP contribution in [0.3, 0.4) is 0 Å². The number of carbonyl (C=O) groups excluding carboxylic acids is 1. The molecular formula is C14H29N3O2. The highest BCUT2D eigenvalue weighted by atomic mass is 16.3. The van der Waals surface area contributed by atoms with E-state index in [0.717, 1.165) is 25.4 Å². The summed E-state index contributed by atoms with van der Waals surface area (Å²) in [5, 5.41) is 14.3. The van der Waals surface area contributed by atoms with Gasteiger partial charge in [0.1, 0.15) is 0 Å². The molecule has 2 atom stereocenters. The third-order valence-corrected chi connectivity index (χ3v) is 3.75. The van der Waals surface area contributed by atoms with Crippen molar-refractivity contribution in [2.45, 2.75) is 58.0 Å². The fourth-order valence-corrected chi connectivity index (χ4v) is 2.45. The molecule has 0 aliphatic carbocycles. The van der Waals surface area contributed by atoms with Crippen LogP contribution in [0.4, 0.5) is 4.79 Å². The van der Waals surface area contributed by atoms with Crippen LogP contribution in [0.5, 0.6) is 0 Å². The Hall–Kier alpha value is -0.810. The van der Waals surface area contributed by atoms with Crippen LogP contribution in [0.2, 0.25) is 0 Å². The first kappa shape index (κ1) is 16.2. The Labute approximate surface area is 116 Å². The number of nitrogens with zero attached hydrogens (tertiary/aromatic N) is 1. The Morgan fingerprint density at radius 1 is 1.42 bits per heavy atom. The van der Waals surface area contributed by atoms with Crippen molar-refractivity contribution < 1.29 is 9.90 Å². The summed E-state index contributed by atoms with van der Waals surface area (Å²) < 4.78 is 0. The van der Waals surface area contributed by atoms with E-state index in [1.807, 2.05) is 0 Å². The molecule has 1 saturated heterocycles. The first-order valence-corrected chi connectivity index (χ1v) is 7.52. The number of rotatable bonds is 7. The molecule has 112 valence electrons. The molecular weight excluding hydrogens is 242 g/mol. The molecule has 1 aliphatic heterocycles. The number of nitrogens with one attached hydrogen (secondary N) is 2. The molecule has 1 heterocycles. The third-order valence-electron chi connectivity index (χ3n) is 3.75. The van der Waals surface area contributed by atoms with Gasteiger partial charge in [-0.3, -0.25) is 0 Å². The number of carbonyl (C=O) groups is 1. The predicted octanol–water partition coefficient (Wildman–Crippen LogP) is 1.32. The topological polar surface area (TPSA) is 64.6 Å². The van der Waals surface area contributed by atoms with Crippen LogP contribution in [-0.4, -0.2) is 54.4 Å². The van der Waals surface area contributed by atoms with Gasteiger partial charge in [-0.1, -0.05) is 6.42 Å². The first-order valence-electron chi connectivity index (χ1n) is 7.52. The summed E-state index contributed by atoms with van der Waals surface area (Å²) in [6.07, 6.45) is 6.14. The van der Waals surface area contributed by atoms with Crippen molar-refractivity contribution in [3.05, 3.63) is 0 Å². The number of aliphatic hydroxyl groups excluding tert-OH is 1. The second kappa shape index (κ2) is 9.15. The molecule has 1 aliphatic rings. The van der Waals surface area contributed by atoms with Gasteiger partial charge in [0.25, 0.3) is 0 Å². The molecule has 0 aromatic heterocycles. The average Bonchev–Trinajstić information content (AvgIpc) is 2.40. The molecule has 0 aromatic carbocycles. The quantitative estimate of drug-likeness (QED) is 0.612. The van der Waals surface area contributed by atoms with Gasteiger partial charge >= 0.3 is 6.03 Å². The first-order chi connectivity index (χ1) is 9.13. The van der Waals surface area contributed by atoms with Gasteiger partial charge in [0.15, 0.2) is 0 Å². The zero-order valence-corrected chi connectivity index (χ0v) is 12.3. The van der Waals surface area contributed by atoms with Crippen molar-refractivity contribution in [2.24, 2.45) is 0 Å². The maximum Gasteiger partial charge on any atom is 0.315 e. The highest BCUT2D eigenvalue weighted by Crippen LogP contribution is 2.16. The molecule has 19 heavy (non-hydrogen) atoms. The normalized spacial score (nSPS) is 21.9. The van der Waals surface area contributed by atoms with E-state index in [0.29, 0.717) is 6.54 Å². The van der Waals surface area contributed by atoms with Gasteiger partial charge in [-0.15, -0.1) is 0 Å². The van der Waals surface area contributed by atoms with Gasteiger partial charge < -0.3 is 20.6 Å². The maximum atomic E-state index is 11.4. The summed E-state index contributed by atoms with van der Waals surface area (Å²) in [4.78, 5) is 13.9. The SMILES string of the molecule is CC(CO)NC(=O)NCCCCN1CCCCC1C. The van der Waals surface area contributed by atoms with Crippen LogP contribution < -0.4 is 10.6 Å². The van der Waals surface area contributed by atoms with Gasteiger partial charge in [0.05, 0.1) is 12.6 Å². The van der Waals surface area contributed by atoms with Crippen molar-refractivity contribution in [3.63, 3.8) is 0 Å². The van der Waals surface area contributed by atoms with Crippen molar-refractivity contribution in [1.82, 2.24) is 15.5 Å². The number of hydrogen-bond acceptors (Lipinski definition) is 3. The van der Waals surface area contributed by atoms with E-state index < -0.39 is 0 Å². The Kier molecular flexibility index (Phi) is 7.82. The number of likely N-dealkylation sites (tertiary alicyclic amines) is 1. The smallest absolute Gasteiger partial charge is 0.315 e. The number of aliphatic hydroxyl groups is 1. The lowest BCUT2D eigenvalue weighted by Gasteiger charge is -2.33. The summed E-state index contributed by atoms with van der Waals surface area (Å²) >= 11 is 0. The molecule has 0 aromatic rings. The standard InChI is InChI=1S/C14H29N3O2/c1-12(11-18)16-14(19)15-8-4-6-10-17-9-5-3-7-13(17)2/h12-13,18H,3-11H2,1-2H3,(H2,15,16,19). The van der Waals surface area contributed by atoms with Gasteiger partial charge in [-0.25, -0.2) is 4.79 Å². The second-order valence-corrected chi connectivity index (χ2v) is 5.57. The number of piperidine rings is 1. The largest absolute Gasteiger partial charge is 0.394 e. The second-order valence-electron chi connectivity index (χ2n) is 5.57. The van der Waals surface area contributed by atoms with Crippen molar-refractivity contribution >= 4 is 6.03 Å². The molecule has 0 spiro atoms. The Bertz CT molecular complexity index is 261. The van der Waals surface area contributed by atoms with Gasteiger partial charge in [0, 0.05) is 12.6 Å². The van der Waals surface area contributed by atoms with Gasteiger partial charge in [0.2, 0.25) is 0 Å². The Balaban J connectivity index is 2.00. The van der Waals surface area contributed by atoms with E-state index in [1.165, 1.54) is 25.8 Å². The molecule has 1 rings (SSSR count). The van der Waals surface area contributed by atoms with Crippen LogP contribution >= 0.6 is 0 Å². The fourth-order valence-electron chi connectivity index (χ4n) is 2.45. The van der Waals surface area contributed by atoms with E-state index in [-0.39, 0.29) is 18.7 Å². The van der Waals surface area contributed by atoms with Crippen LogP contribution in [0.25, 0.3) is 0 Å². The van der Waals surface area contributed by atoms with E-state index in [9.17, 15) is 4.79 Å². The molecule has 0 saturated carbocycles. The van der Waals surface area contributed by atoms with E-state index in [4.69, 9.17) is 5.11 Å². The van der Waals surface area contributed by atoms with E-state index in [2.05, 4.69) is 22.5 Å². The van der Waals surface area contributed by atoms with Crippen LogP contribution in [0, 0.1) is 0 Å². The van der Waals surface area contributed by atoms with Crippen LogP contribution in [0.1, 0.15) is 46.0 Å². The molecule has 1 fully saturated rings. The molecule has 0 bridgehead atoms. The summed E-state index contributed by atoms with van der Waals surface area (Å²) in [6, 6.07) is 0.345. The monoisotopic (exact) mass is 271 g/mol. The molecule has 5 heteroatoms. The number of hydrogen-bond donors (Lipinski definition) is 3. The van der Waals surface area contributed by atoms with Crippen molar-refractivity contribution in [1.29, 1.82) is 0 Å². The lowest BCUT2D eigenvalue weighted by molar-refractivity contribution is 0.158. The number of amides is 2. The highest BCUT2D eigenvalue weighted by molar-refractivity contribution is 5.74. The number of unbranched alkanes of at least 4 members (excludes halogenated alkanes) is 1. The van der Waals surface area contributed by atoms with E-state index >= 15 is 0 Å². The van der Waals surface area contributed by atoms with Crippen LogP contribution in [0.15, 0.2) is 0 Å². The minimum absolute atomic E-state index is 0.0275. The predicted molar refractivity (Wildman–Crippen MR) is 77.2 cm³/mol. The third kappa shape index (κ3) is 6.78. The van der Waals surface area contributed by atoms with Gasteiger partial charge in [-0.05, 0) is 52.6 Å². The van der Waals surface area contributed by atoms with Gasteiger partial charge in [-0.2, -0.15) is 0 Å². The minimum Gasteiger partial charge on any atom is -0.394 e. The van der Waals surface area contributed by atoms with Crippen LogP contribution in [-0.2, 0) is 0 Å². The average molecular weight is 271 g/mol. The fraction of sp³-hybridized carbons (Fsp3) is 0.929. The highest BCUT2D eigenvalue weighted by Gasteiger charge is 2.16. The summed E-state index contributed by atoms with van der Waals surface area (Å²) in [5.74, 6) is 0. The summed E-state index contributed by atoms with van der Waals surface area (Å²) in [5.41, 5.74) is 0. The molecule has 0 radical (unpaired) electrons. The molecule has 5 nitrogen and oxygen atoms in total. The minimum atomic E-state index is -0.187. The van der Waals surface area contributed by atoms with Crippen molar-refractivity contribution in [2.75, 3.05) is 26.2 Å². The van der Waals surface area contributed by atoms with Crippen molar-refractivity contribution in [3.8, 4) is 0 Å². The lowest BCUT2D eigenvalue weighted by atomic mass is 10.0. The Morgan fingerprint density at radius 2 is 2.21 bits per heavy atom. The Morgan fingerprint density at radius 3 is 2.89 bits per heavy atom.